The van der Waals surface area contributed by atoms with Crippen molar-refractivity contribution in [3.05, 3.63) is 42.1 Å². The molecule has 0 saturated heterocycles. The lowest BCUT2D eigenvalue weighted by Crippen LogP contribution is -2.38. The zero-order chi connectivity index (χ0) is 22.0. The SMILES string of the molecule is Cc1cc(-c2nc3ccc(OCCNC(=O)[O-])cc3s2)c2ncc(OC(F)F)nc2c1. The van der Waals surface area contributed by atoms with Crippen LogP contribution in [0.1, 0.15) is 5.56 Å². The Morgan fingerprint density at radius 2 is 2.06 bits per heavy atom. The summed E-state index contributed by atoms with van der Waals surface area (Å²) in [5, 5.41) is 13.2. The molecule has 0 aliphatic carbocycles. The molecule has 2 aromatic heterocycles. The number of aromatic nitrogens is 3. The Balaban J connectivity index is 1.65. The Morgan fingerprint density at radius 3 is 2.84 bits per heavy atom. The summed E-state index contributed by atoms with van der Waals surface area (Å²) < 4.78 is 35.7. The minimum Gasteiger partial charge on any atom is -0.530 e. The highest BCUT2D eigenvalue weighted by Crippen LogP contribution is 2.36. The van der Waals surface area contributed by atoms with Gasteiger partial charge in [-0.15, -0.1) is 11.3 Å². The number of nitrogens with one attached hydrogen (secondary N) is 1. The van der Waals surface area contributed by atoms with Gasteiger partial charge in [-0.05, 0) is 42.8 Å². The molecular weight excluding hydrogens is 430 g/mol. The van der Waals surface area contributed by atoms with Crippen molar-refractivity contribution < 1.29 is 28.2 Å². The van der Waals surface area contributed by atoms with Crippen molar-refractivity contribution in [2.24, 2.45) is 0 Å². The number of nitrogens with zero attached hydrogens (tertiary/aromatic N) is 3. The first-order valence-electron chi connectivity index (χ1n) is 9.10. The number of halogens is 2. The Kier molecular flexibility index (Phi) is 5.76. The number of alkyl halides is 2. The maximum atomic E-state index is 12.5. The molecule has 11 heteroatoms. The molecule has 0 atom stereocenters. The van der Waals surface area contributed by atoms with Gasteiger partial charge in [0.1, 0.15) is 23.5 Å². The minimum atomic E-state index is -2.98. The molecule has 0 unspecified atom stereocenters. The maximum absolute atomic E-state index is 12.5. The number of aryl methyl sites for hydroxylation is 1. The van der Waals surface area contributed by atoms with Crippen molar-refractivity contribution in [3.8, 4) is 22.2 Å². The Hall–Kier alpha value is -3.60. The Labute approximate surface area is 178 Å². The molecule has 4 rings (SSSR count). The highest BCUT2D eigenvalue weighted by atomic mass is 32.1. The fourth-order valence-corrected chi connectivity index (χ4v) is 4.00. The number of hydrogen-bond acceptors (Lipinski definition) is 8. The number of rotatable bonds is 7. The van der Waals surface area contributed by atoms with Crippen LogP contribution in [0.15, 0.2) is 36.5 Å². The predicted octanol–water partition coefficient (Wildman–Crippen LogP) is 3.13. The fourth-order valence-electron chi connectivity index (χ4n) is 2.99. The van der Waals surface area contributed by atoms with Crippen LogP contribution in [0.2, 0.25) is 0 Å². The molecule has 0 radical (unpaired) electrons. The zero-order valence-electron chi connectivity index (χ0n) is 16.1. The molecule has 31 heavy (non-hydrogen) atoms. The van der Waals surface area contributed by atoms with Crippen molar-refractivity contribution in [2.75, 3.05) is 13.2 Å². The molecular formula is C20H15F2N4O4S-. The van der Waals surface area contributed by atoms with Crippen molar-refractivity contribution in [2.45, 2.75) is 13.5 Å². The van der Waals surface area contributed by atoms with E-state index in [1.165, 1.54) is 11.3 Å². The predicted molar refractivity (Wildman–Crippen MR) is 108 cm³/mol. The van der Waals surface area contributed by atoms with Crippen LogP contribution in [-0.4, -0.2) is 40.8 Å². The number of ether oxygens (including phenoxy) is 2. The van der Waals surface area contributed by atoms with E-state index in [0.29, 0.717) is 21.8 Å². The monoisotopic (exact) mass is 445 g/mol. The van der Waals surface area contributed by atoms with E-state index in [0.717, 1.165) is 27.5 Å². The molecule has 8 nitrogen and oxygen atoms in total. The Morgan fingerprint density at radius 1 is 1.23 bits per heavy atom. The third-order valence-corrected chi connectivity index (χ3v) is 5.26. The van der Waals surface area contributed by atoms with E-state index in [1.54, 1.807) is 18.2 Å². The van der Waals surface area contributed by atoms with Crippen LogP contribution in [-0.2, 0) is 0 Å². The minimum absolute atomic E-state index is 0.111. The lowest BCUT2D eigenvalue weighted by atomic mass is 10.1. The second kappa shape index (κ2) is 8.64. The normalized spacial score (nSPS) is 11.2. The van der Waals surface area contributed by atoms with E-state index < -0.39 is 12.7 Å². The lowest BCUT2D eigenvalue weighted by molar-refractivity contribution is -0.250. The average molecular weight is 445 g/mol. The van der Waals surface area contributed by atoms with Gasteiger partial charge < -0.3 is 24.7 Å². The highest BCUT2D eigenvalue weighted by molar-refractivity contribution is 7.21. The first kappa shape index (κ1) is 20.7. The summed E-state index contributed by atoms with van der Waals surface area (Å²) in [6.45, 7) is -0.843. The second-order valence-corrected chi connectivity index (χ2v) is 7.51. The number of carboxylic acid groups (broad SMARTS) is 1. The van der Waals surface area contributed by atoms with Crippen LogP contribution < -0.4 is 19.9 Å². The first-order chi connectivity index (χ1) is 14.9. The van der Waals surface area contributed by atoms with Crippen molar-refractivity contribution in [1.82, 2.24) is 20.3 Å². The smallest absolute Gasteiger partial charge is 0.388 e. The van der Waals surface area contributed by atoms with E-state index in [2.05, 4.69) is 25.0 Å². The van der Waals surface area contributed by atoms with E-state index in [9.17, 15) is 18.7 Å². The molecule has 0 aliphatic rings. The van der Waals surface area contributed by atoms with Crippen LogP contribution in [0, 0.1) is 6.92 Å². The van der Waals surface area contributed by atoms with E-state index in [1.807, 2.05) is 19.1 Å². The van der Waals surface area contributed by atoms with Gasteiger partial charge in [0.05, 0.1) is 34.0 Å². The summed E-state index contributed by atoms with van der Waals surface area (Å²) >= 11 is 1.42. The molecule has 0 fully saturated rings. The molecule has 2 heterocycles. The largest absolute Gasteiger partial charge is 0.530 e. The Bertz CT molecular complexity index is 1260. The van der Waals surface area contributed by atoms with Crippen molar-refractivity contribution in [1.29, 1.82) is 0 Å². The lowest BCUT2D eigenvalue weighted by Gasteiger charge is -2.08. The fraction of sp³-hybridized carbons (Fsp3) is 0.200. The van der Waals surface area contributed by atoms with Crippen LogP contribution >= 0.6 is 11.3 Å². The summed E-state index contributed by atoms with van der Waals surface area (Å²) in [7, 11) is 0. The van der Waals surface area contributed by atoms with E-state index in [4.69, 9.17) is 4.74 Å². The second-order valence-electron chi connectivity index (χ2n) is 6.48. The van der Waals surface area contributed by atoms with Gasteiger partial charge in [-0.25, -0.2) is 15.0 Å². The van der Waals surface area contributed by atoms with Crippen molar-refractivity contribution >= 4 is 38.7 Å². The van der Waals surface area contributed by atoms with Gasteiger partial charge in [-0.2, -0.15) is 8.78 Å². The summed E-state index contributed by atoms with van der Waals surface area (Å²) in [5.41, 5.74) is 3.30. The number of thiazole rings is 1. The van der Waals surface area contributed by atoms with Gasteiger partial charge in [0.15, 0.2) is 0 Å². The maximum Gasteiger partial charge on any atom is 0.388 e. The van der Waals surface area contributed by atoms with Crippen molar-refractivity contribution in [3.63, 3.8) is 0 Å². The molecule has 0 saturated carbocycles. The van der Waals surface area contributed by atoms with Gasteiger partial charge in [-0.3, -0.25) is 0 Å². The molecule has 4 aromatic rings. The van der Waals surface area contributed by atoms with Gasteiger partial charge in [0.2, 0.25) is 5.88 Å². The van der Waals surface area contributed by atoms with Crippen LogP contribution in [0.3, 0.4) is 0 Å². The van der Waals surface area contributed by atoms with Gasteiger partial charge in [0, 0.05) is 5.56 Å². The van der Waals surface area contributed by atoms with Crippen LogP contribution in [0.25, 0.3) is 31.8 Å². The van der Waals surface area contributed by atoms with Crippen LogP contribution in [0.5, 0.6) is 11.6 Å². The molecule has 1 N–H and O–H groups in total. The zero-order valence-corrected chi connectivity index (χ0v) is 16.9. The summed E-state index contributed by atoms with van der Waals surface area (Å²) in [4.78, 5) is 23.4. The number of amides is 1. The molecule has 0 spiro atoms. The molecule has 0 bridgehead atoms. The van der Waals surface area contributed by atoms with Gasteiger partial charge >= 0.3 is 6.61 Å². The standard InChI is InChI=1S/C20H16F2N4O4S/c1-10-6-12(17-14(7-10)25-16(9-24-17)30-19(21)22)18-26-13-3-2-11(8-15(13)31-18)29-5-4-23-20(27)28/h2-3,6-9,19,23H,4-5H2,1H3,(H,27,28)/p-1. The van der Waals surface area contributed by atoms with E-state index >= 15 is 0 Å². The third kappa shape index (κ3) is 4.77. The number of fused-ring (bicyclic) bond motifs is 2. The number of hydrogen-bond donors (Lipinski definition) is 1. The molecule has 160 valence electrons. The number of carbonyl (C=O) groups is 1. The van der Waals surface area contributed by atoms with Gasteiger partial charge in [0.25, 0.3) is 0 Å². The quantitative estimate of drug-likeness (QED) is 0.435. The highest BCUT2D eigenvalue weighted by Gasteiger charge is 2.15. The topological polar surface area (TPSA) is 109 Å². The van der Waals surface area contributed by atoms with Gasteiger partial charge in [-0.1, -0.05) is 0 Å². The molecule has 2 aromatic carbocycles. The molecule has 0 aliphatic heterocycles. The summed E-state index contributed by atoms with van der Waals surface area (Å²) in [6.07, 6.45) is -0.194. The molecule has 1 amide bonds. The number of carbonyl (C=O) groups excluding carboxylic acids is 1. The van der Waals surface area contributed by atoms with E-state index in [-0.39, 0.29) is 19.0 Å². The first-order valence-corrected chi connectivity index (χ1v) is 9.91. The average Bonchev–Trinajstić information content (AvgIpc) is 3.13. The van der Waals surface area contributed by atoms with Crippen LogP contribution in [0.4, 0.5) is 13.6 Å². The summed E-state index contributed by atoms with van der Waals surface area (Å²) in [6, 6.07) is 9.01. The number of benzene rings is 2. The summed E-state index contributed by atoms with van der Waals surface area (Å²) in [5.74, 6) is 0.323. The third-order valence-electron chi connectivity index (χ3n) is 4.21.